The number of aryl methyl sites for hydroxylation is 1. The molecule has 0 aliphatic rings. The molecule has 0 spiro atoms. The van der Waals surface area contributed by atoms with Crippen molar-refractivity contribution < 1.29 is 8.78 Å². The second kappa shape index (κ2) is 3.63. The Morgan fingerprint density at radius 3 is 2.67 bits per heavy atom. The predicted molar refractivity (Wildman–Crippen MR) is 44.0 cm³/mol. The average Bonchev–Trinajstić information content (AvgIpc) is 2.03. The van der Waals surface area contributed by atoms with Crippen molar-refractivity contribution in [3.8, 4) is 0 Å². The molecule has 0 saturated carbocycles. The molecule has 0 radical (unpaired) electrons. The largest absolute Gasteiger partial charge is 0.322 e. The minimum absolute atomic E-state index is 0.317. The number of nitrogens with two attached hydrogens (primary N) is 1. The number of hydrogen-bond acceptors (Lipinski definition) is 1. The first kappa shape index (κ1) is 9.13. The molecule has 1 aromatic rings. The Balaban J connectivity index is 3.01. The van der Waals surface area contributed by atoms with Gasteiger partial charge in [-0.15, -0.1) is 0 Å². The minimum Gasteiger partial charge on any atom is -0.322 e. The summed E-state index contributed by atoms with van der Waals surface area (Å²) in [4.78, 5) is 0. The average molecular weight is 171 g/mol. The second-order valence-corrected chi connectivity index (χ2v) is 2.76. The van der Waals surface area contributed by atoms with E-state index in [-0.39, 0.29) is 5.82 Å². The number of benzene rings is 1. The zero-order valence-corrected chi connectivity index (χ0v) is 6.85. The molecule has 1 aromatic carbocycles. The van der Waals surface area contributed by atoms with Crippen LogP contribution in [0.25, 0.3) is 0 Å². The molecule has 66 valence electrons. The lowest BCUT2D eigenvalue weighted by Gasteiger charge is -2.10. The normalized spacial score (nSPS) is 13.0. The van der Waals surface area contributed by atoms with Gasteiger partial charge in [0.25, 0.3) is 0 Å². The van der Waals surface area contributed by atoms with Crippen LogP contribution in [0.5, 0.6) is 0 Å². The van der Waals surface area contributed by atoms with Crippen molar-refractivity contribution in [2.75, 3.05) is 6.67 Å². The van der Waals surface area contributed by atoms with Crippen molar-refractivity contribution in [3.05, 3.63) is 35.1 Å². The number of hydrogen-bond donors (Lipinski definition) is 1. The van der Waals surface area contributed by atoms with E-state index in [0.29, 0.717) is 11.1 Å². The predicted octanol–water partition coefficient (Wildman–Crippen LogP) is 2.10. The quantitative estimate of drug-likeness (QED) is 0.724. The standard InChI is InChI=1S/C9H11F2N/c1-6-4-7(11)2-3-8(6)9(12)5-10/h2-4,9H,5,12H2,1H3. The van der Waals surface area contributed by atoms with Crippen molar-refractivity contribution in [1.82, 2.24) is 0 Å². The summed E-state index contributed by atoms with van der Waals surface area (Å²) in [6.45, 7) is 1.10. The Hall–Kier alpha value is -0.960. The van der Waals surface area contributed by atoms with Gasteiger partial charge in [-0.1, -0.05) is 6.07 Å². The van der Waals surface area contributed by atoms with E-state index in [0.717, 1.165) is 0 Å². The summed E-state index contributed by atoms with van der Waals surface area (Å²) < 4.78 is 24.7. The van der Waals surface area contributed by atoms with Crippen molar-refractivity contribution in [1.29, 1.82) is 0 Å². The molecule has 1 rings (SSSR count). The van der Waals surface area contributed by atoms with Crippen LogP contribution in [0.1, 0.15) is 17.2 Å². The molecule has 0 fully saturated rings. The van der Waals surface area contributed by atoms with E-state index in [1.54, 1.807) is 6.92 Å². The summed E-state index contributed by atoms with van der Waals surface area (Å²) in [5, 5.41) is 0. The molecule has 0 saturated heterocycles. The molecule has 0 heterocycles. The van der Waals surface area contributed by atoms with Gasteiger partial charge in [-0.25, -0.2) is 8.78 Å². The van der Waals surface area contributed by atoms with Crippen LogP contribution in [-0.2, 0) is 0 Å². The molecule has 0 amide bonds. The van der Waals surface area contributed by atoms with E-state index in [2.05, 4.69) is 0 Å². The summed E-state index contributed by atoms with van der Waals surface area (Å²) in [5.41, 5.74) is 6.81. The van der Waals surface area contributed by atoms with Crippen LogP contribution in [0.2, 0.25) is 0 Å². The highest BCUT2D eigenvalue weighted by atomic mass is 19.1. The molecule has 0 aliphatic heterocycles. The third-order valence-corrected chi connectivity index (χ3v) is 1.80. The summed E-state index contributed by atoms with van der Waals surface area (Å²) in [6.07, 6.45) is 0. The van der Waals surface area contributed by atoms with Crippen LogP contribution in [0.15, 0.2) is 18.2 Å². The fourth-order valence-corrected chi connectivity index (χ4v) is 1.14. The lowest BCUT2D eigenvalue weighted by Crippen LogP contribution is -2.13. The Labute approximate surface area is 70.2 Å². The van der Waals surface area contributed by atoms with Gasteiger partial charge in [-0.2, -0.15) is 0 Å². The molecule has 0 bridgehead atoms. The summed E-state index contributed by atoms with van der Waals surface area (Å²) >= 11 is 0. The first-order valence-corrected chi connectivity index (χ1v) is 3.72. The van der Waals surface area contributed by atoms with E-state index in [1.165, 1.54) is 18.2 Å². The Bertz CT molecular complexity index is 273. The molecular formula is C9H11F2N. The number of alkyl halides is 1. The second-order valence-electron chi connectivity index (χ2n) is 2.76. The first-order chi connectivity index (χ1) is 5.65. The highest BCUT2D eigenvalue weighted by molar-refractivity contribution is 5.29. The molecule has 1 unspecified atom stereocenters. The van der Waals surface area contributed by atoms with Gasteiger partial charge >= 0.3 is 0 Å². The smallest absolute Gasteiger partial charge is 0.123 e. The van der Waals surface area contributed by atoms with E-state index >= 15 is 0 Å². The van der Waals surface area contributed by atoms with Crippen molar-refractivity contribution in [3.63, 3.8) is 0 Å². The Morgan fingerprint density at radius 2 is 2.17 bits per heavy atom. The fraction of sp³-hybridized carbons (Fsp3) is 0.333. The molecule has 1 atom stereocenters. The van der Waals surface area contributed by atoms with Crippen LogP contribution in [-0.4, -0.2) is 6.67 Å². The summed E-state index contributed by atoms with van der Waals surface area (Å²) in [5.74, 6) is -0.317. The van der Waals surface area contributed by atoms with Gasteiger partial charge in [-0.3, -0.25) is 0 Å². The number of halogens is 2. The minimum atomic E-state index is -0.634. The topological polar surface area (TPSA) is 26.0 Å². The maximum Gasteiger partial charge on any atom is 0.123 e. The van der Waals surface area contributed by atoms with Crippen LogP contribution >= 0.6 is 0 Å². The van der Waals surface area contributed by atoms with Crippen LogP contribution in [0, 0.1) is 12.7 Å². The zero-order chi connectivity index (χ0) is 9.14. The zero-order valence-electron chi connectivity index (χ0n) is 6.85. The van der Waals surface area contributed by atoms with E-state index in [9.17, 15) is 8.78 Å². The SMILES string of the molecule is Cc1cc(F)ccc1C(N)CF. The molecule has 1 nitrogen and oxygen atoms in total. The summed E-state index contributed by atoms with van der Waals surface area (Å²) in [6, 6.07) is 3.53. The van der Waals surface area contributed by atoms with Gasteiger partial charge in [0, 0.05) is 0 Å². The van der Waals surface area contributed by atoms with E-state index in [4.69, 9.17) is 5.73 Å². The van der Waals surface area contributed by atoms with E-state index in [1.807, 2.05) is 0 Å². The van der Waals surface area contributed by atoms with Crippen molar-refractivity contribution in [2.45, 2.75) is 13.0 Å². The maximum atomic E-state index is 12.6. The van der Waals surface area contributed by atoms with Crippen LogP contribution in [0.4, 0.5) is 8.78 Å². The molecular weight excluding hydrogens is 160 g/mol. The van der Waals surface area contributed by atoms with Gasteiger partial charge in [0.05, 0.1) is 6.04 Å². The lowest BCUT2D eigenvalue weighted by atomic mass is 10.0. The van der Waals surface area contributed by atoms with Gasteiger partial charge < -0.3 is 5.73 Å². The van der Waals surface area contributed by atoms with Crippen molar-refractivity contribution >= 4 is 0 Å². The molecule has 0 aromatic heterocycles. The Kier molecular flexibility index (Phi) is 2.76. The van der Waals surface area contributed by atoms with Gasteiger partial charge in [0.2, 0.25) is 0 Å². The molecule has 0 aliphatic carbocycles. The maximum absolute atomic E-state index is 12.6. The highest BCUT2D eigenvalue weighted by Gasteiger charge is 2.08. The summed E-state index contributed by atoms with van der Waals surface area (Å²) in [7, 11) is 0. The van der Waals surface area contributed by atoms with Gasteiger partial charge in [-0.05, 0) is 30.2 Å². The molecule has 12 heavy (non-hydrogen) atoms. The van der Waals surface area contributed by atoms with Crippen molar-refractivity contribution in [2.24, 2.45) is 5.73 Å². The highest BCUT2D eigenvalue weighted by Crippen LogP contribution is 2.16. The van der Waals surface area contributed by atoms with Crippen LogP contribution < -0.4 is 5.73 Å². The third kappa shape index (κ3) is 1.80. The van der Waals surface area contributed by atoms with Crippen LogP contribution in [0.3, 0.4) is 0 Å². The third-order valence-electron chi connectivity index (χ3n) is 1.80. The van der Waals surface area contributed by atoms with E-state index < -0.39 is 12.7 Å². The molecule has 2 N–H and O–H groups in total. The lowest BCUT2D eigenvalue weighted by molar-refractivity contribution is 0.436. The Morgan fingerprint density at radius 1 is 1.50 bits per heavy atom. The van der Waals surface area contributed by atoms with Gasteiger partial charge in [0.15, 0.2) is 0 Å². The fourth-order valence-electron chi connectivity index (χ4n) is 1.14. The monoisotopic (exact) mass is 171 g/mol. The van der Waals surface area contributed by atoms with Gasteiger partial charge in [0.1, 0.15) is 12.5 Å². The number of rotatable bonds is 2. The first-order valence-electron chi connectivity index (χ1n) is 3.72. The molecule has 3 heteroatoms.